The second kappa shape index (κ2) is 9.72. The van der Waals surface area contributed by atoms with Crippen LogP contribution in [-0.4, -0.2) is 65.8 Å². The molecule has 1 unspecified atom stereocenters. The Labute approximate surface area is 181 Å². The molecule has 1 aromatic heterocycles. The molecule has 1 aromatic carbocycles. The van der Waals surface area contributed by atoms with E-state index < -0.39 is 10.0 Å². The first-order valence-electron chi connectivity index (χ1n) is 9.88. The number of benzene rings is 1. The van der Waals surface area contributed by atoms with Gasteiger partial charge in [0, 0.05) is 25.2 Å². The number of nitrogens with zero attached hydrogens (tertiary/aromatic N) is 4. The van der Waals surface area contributed by atoms with Gasteiger partial charge in [0.2, 0.25) is 10.0 Å². The Morgan fingerprint density at radius 2 is 1.83 bits per heavy atom. The molecule has 0 radical (unpaired) electrons. The van der Waals surface area contributed by atoms with Crippen LogP contribution in [0.4, 0.5) is 0 Å². The van der Waals surface area contributed by atoms with Crippen LogP contribution >= 0.6 is 11.6 Å². The van der Waals surface area contributed by atoms with E-state index >= 15 is 0 Å². The van der Waals surface area contributed by atoms with Gasteiger partial charge in [-0.2, -0.15) is 4.31 Å². The van der Waals surface area contributed by atoms with Crippen molar-refractivity contribution in [2.45, 2.75) is 37.7 Å². The maximum atomic E-state index is 12.9. The number of aromatic nitrogens is 2. The topological polar surface area (TPSA) is 92.7 Å². The summed E-state index contributed by atoms with van der Waals surface area (Å²) in [5, 5.41) is 0.425. The van der Waals surface area contributed by atoms with Crippen LogP contribution in [0.15, 0.2) is 41.6 Å². The summed E-state index contributed by atoms with van der Waals surface area (Å²) in [6.45, 7) is 5.40. The number of ether oxygens (including phenoxy) is 1. The summed E-state index contributed by atoms with van der Waals surface area (Å²) in [6.07, 6.45) is 4.29. The molecule has 2 aromatic rings. The Balaban J connectivity index is 1.67. The minimum absolute atomic E-state index is 0.160. The van der Waals surface area contributed by atoms with E-state index in [0.717, 1.165) is 12.8 Å². The molecular formula is C20H25ClN4O4S. The maximum Gasteiger partial charge on any atom is 0.316 e. The Morgan fingerprint density at radius 3 is 2.43 bits per heavy atom. The molecule has 2 heterocycles. The lowest BCUT2D eigenvalue weighted by Gasteiger charge is -2.32. The first kappa shape index (κ1) is 22.5. The molecule has 162 valence electrons. The van der Waals surface area contributed by atoms with Gasteiger partial charge in [0.15, 0.2) is 0 Å². The van der Waals surface area contributed by atoms with Crippen molar-refractivity contribution in [3.05, 3.63) is 47.2 Å². The average Bonchev–Trinajstić information content (AvgIpc) is 2.76. The van der Waals surface area contributed by atoms with Crippen LogP contribution in [0.25, 0.3) is 0 Å². The molecule has 30 heavy (non-hydrogen) atoms. The van der Waals surface area contributed by atoms with E-state index in [4.69, 9.17) is 16.3 Å². The van der Waals surface area contributed by atoms with Crippen molar-refractivity contribution >= 4 is 27.5 Å². The largest absolute Gasteiger partial charge is 0.458 e. The number of likely N-dealkylation sites (tertiary alicyclic amines) is 1. The minimum atomic E-state index is -3.55. The monoisotopic (exact) mass is 452 g/mol. The summed E-state index contributed by atoms with van der Waals surface area (Å²) < 4.78 is 32.4. The zero-order valence-electron chi connectivity index (χ0n) is 17.0. The third-order valence-electron chi connectivity index (χ3n) is 4.98. The molecule has 1 fully saturated rings. The Hall–Kier alpha value is -2.23. The molecule has 10 heteroatoms. The summed E-state index contributed by atoms with van der Waals surface area (Å²) in [5.74, 6) is -0.160. The Bertz CT molecular complexity index is 963. The molecule has 0 N–H and O–H groups in total. The normalized spacial score (nSPS) is 17.2. The second-order valence-corrected chi connectivity index (χ2v) is 9.31. The summed E-state index contributed by atoms with van der Waals surface area (Å²) in [5.41, 5.74) is 0.442. The van der Waals surface area contributed by atoms with Crippen molar-refractivity contribution in [2.24, 2.45) is 0 Å². The van der Waals surface area contributed by atoms with Crippen molar-refractivity contribution < 1.29 is 17.9 Å². The van der Waals surface area contributed by atoms with Gasteiger partial charge in [0.1, 0.15) is 6.10 Å². The number of sulfonamides is 1. The molecule has 1 amide bonds. The maximum absolute atomic E-state index is 12.9. The highest BCUT2D eigenvalue weighted by Crippen LogP contribution is 2.20. The third-order valence-corrected chi connectivity index (χ3v) is 7.24. The van der Waals surface area contributed by atoms with Crippen molar-refractivity contribution in [2.75, 3.05) is 26.2 Å². The quantitative estimate of drug-likeness (QED) is 0.641. The van der Waals surface area contributed by atoms with Gasteiger partial charge >= 0.3 is 6.01 Å². The zero-order chi connectivity index (χ0) is 21.7. The second-order valence-electron chi connectivity index (χ2n) is 6.93. The van der Waals surface area contributed by atoms with Crippen LogP contribution in [-0.2, 0) is 10.0 Å². The van der Waals surface area contributed by atoms with Crippen LogP contribution in [0.2, 0.25) is 5.02 Å². The van der Waals surface area contributed by atoms with Gasteiger partial charge in [-0.15, -0.1) is 0 Å². The fourth-order valence-corrected chi connectivity index (χ4v) is 4.95. The standard InChI is InChI=1S/C20H25ClN4O4S/c1-3-25(4-2)30(27,28)18-9-7-15(8-10-18)19(26)24-11-5-6-17(14-24)29-20-22-12-16(21)13-23-20/h7-10,12-13,17H,3-6,11,14H2,1-2H3. The van der Waals surface area contributed by atoms with Crippen LogP contribution < -0.4 is 4.74 Å². The van der Waals surface area contributed by atoms with Gasteiger partial charge < -0.3 is 9.64 Å². The smallest absolute Gasteiger partial charge is 0.316 e. The van der Waals surface area contributed by atoms with E-state index in [9.17, 15) is 13.2 Å². The highest BCUT2D eigenvalue weighted by atomic mass is 35.5. The molecule has 3 rings (SSSR count). The van der Waals surface area contributed by atoms with Gasteiger partial charge in [-0.1, -0.05) is 25.4 Å². The molecule has 1 aliphatic heterocycles. The van der Waals surface area contributed by atoms with Gasteiger partial charge in [-0.05, 0) is 37.1 Å². The molecule has 1 saturated heterocycles. The van der Waals surface area contributed by atoms with Crippen molar-refractivity contribution in [3.8, 4) is 6.01 Å². The van der Waals surface area contributed by atoms with E-state index in [-0.39, 0.29) is 22.9 Å². The van der Waals surface area contributed by atoms with Crippen molar-refractivity contribution in [1.82, 2.24) is 19.2 Å². The van der Waals surface area contributed by atoms with Crippen LogP contribution in [0.1, 0.15) is 37.0 Å². The first-order valence-corrected chi connectivity index (χ1v) is 11.7. The number of halogens is 1. The summed E-state index contributed by atoms with van der Waals surface area (Å²) in [7, 11) is -3.55. The fraction of sp³-hybridized carbons (Fsp3) is 0.450. The van der Waals surface area contributed by atoms with E-state index in [1.165, 1.54) is 28.8 Å². The third kappa shape index (κ3) is 5.08. The highest BCUT2D eigenvalue weighted by molar-refractivity contribution is 7.89. The number of rotatable bonds is 7. The summed E-state index contributed by atoms with van der Waals surface area (Å²) >= 11 is 5.79. The summed E-state index contributed by atoms with van der Waals surface area (Å²) in [4.78, 5) is 22.9. The predicted molar refractivity (Wildman–Crippen MR) is 113 cm³/mol. The molecule has 1 aliphatic rings. The lowest BCUT2D eigenvalue weighted by atomic mass is 10.1. The van der Waals surface area contributed by atoms with E-state index in [1.807, 2.05) is 0 Å². The van der Waals surface area contributed by atoms with Gasteiger partial charge in [0.25, 0.3) is 5.91 Å². The molecule has 0 bridgehead atoms. The van der Waals surface area contributed by atoms with E-state index in [2.05, 4.69) is 9.97 Å². The summed E-state index contributed by atoms with van der Waals surface area (Å²) in [6, 6.07) is 6.32. The number of hydrogen-bond acceptors (Lipinski definition) is 6. The van der Waals surface area contributed by atoms with Crippen LogP contribution in [0.5, 0.6) is 6.01 Å². The molecule has 0 saturated carbocycles. The SMILES string of the molecule is CCN(CC)S(=O)(=O)c1ccc(C(=O)N2CCCC(Oc3ncc(Cl)cn3)C2)cc1. The number of carbonyl (C=O) groups excluding carboxylic acids is 1. The highest BCUT2D eigenvalue weighted by Gasteiger charge is 2.27. The lowest BCUT2D eigenvalue weighted by molar-refractivity contribution is 0.0515. The molecule has 0 aliphatic carbocycles. The van der Waals surface area contributed by atoms with E-state index in [0.29, 0.717) is 36.8 Å². The number of piperidine rings is 1. The van der Waals surface area contributed by atoms with Crippen molar-refractivity contribution in [3.63, 3.8) is 0 Å². The Morgan fingerprint density at radius 1 is 1.20 bits per heavy atom. The number of amides is 1. The van der Waals surface area contributed by atoms with Gasteiger partial charge in [-0.25, -0.2) is 18.4 Å². The van der Waals surface area contributed by atoms with Gasteiger partial charge in [0.05, 0.1) is 28.9 Å². The minimum Gasteiger partial charge on any atom is -0.458 e. The lowest BCUT2D eigenvalue weighted by Crippen LogP contribution is -2.44. The number of carbonyl (C=O) groups is 1. The average molecular weight is 453 g/mol. The number of hydrogen-bond donors (Lipinski definition) is 0. The predicted octanol–water partition coefficient (Wildman–Crippen LogP) is 2.84. The molecule has 8 nitrogen and oxygen atoms in total. The molecular weight excluding hydrogens is 428 g/mol. The van der Waals surface area contributed by atoms with Crippen LogP contribution in [0, 0.1) is 0 Å². The zero-order valence-corrected chi connectivity index (χ0v) is 18.6. The molecule has 0 spiro atoms. The van der Waals surface area contributed by atoms with Crippen LogP contribution in [0.3, 0.4) is 0 Å². The van der Waals surface area contributed by atoms with E-state index in [1.54, 1.807) is 30.9 Å². The van der Waals surface area contributed by atoms with Gasteiger partial charge in [-0.3, -0.25) is 4.79 Å². The first-order chi connectivity index (χ1) is 14.3. The Kier molecular flexibility index (Phi) is 7.27. The fourth-order valence-electron chi connectivity index (χ4n) is 3.39. The van der Waals surface area contributed by atoms with Crippen molar-refractivity contribution in [1.29, 1.82) is 0 Å². The molecule has 1 atom stereocenters.